The highest BCUT2D eigenvalue weighted by Crippen LogP contribution is 2.08. The maximum absolute atomic E-state index is 11.8. The molecule has 1 aliphatic rings. The lowest BCUT2D eigenvalue weighted by Crippen LogP contribution is -2.36. The Labute approximate surface area is 88.1 Å². The third kappa shape index (κ3) is 1.97. The molecule has 0 aliphatic carbocycles. The predicted molar refractivity (Wildman–Crippen MR) is 54.8 cm³/mol. The molecule has 1 aromatic carbocycles. The van der Waals surface area contributed by atoms with Gasteiger partial charge < -0.3 is 0 Å². The first-order chi connectivity index (χ1) is 7.31. The molecule has 1 saturated heterocycles. The van der Waals surface area contributed by atoms with Gasteiger partial charge in [0.1, 0.15) is 0 Å². The lowest BCUT2D eigenvalue weighted by atomic mass is 10.1. The molecule has 1 heterocycles. The average molecular weight is 201 g/mol. The van der Waals surface area contributed by atoms with E-state index in [1.165, 1.54) is 0 Å². The van der Waals surface area contributed by atoms with Gasteiger partial charge in [-0.05, 0) is 30.7 Å². The van der Waals surface area contributed by atoms with E-state index >= 15 is 0 Å². The molecule has 1 N–H and O–H groups in total. The summed E-state index contributed by atoms with van der Waals surface area (Å²) in [6.45, 7) is 1.60. The molecule has 0 atom stereocenters. The summed E-state index contributed by atoms with van der Waals surface area (Å²) in [6, 6.07) is 8.70. The van der Waals surface area contributed by atoms with E-state index in [9.17, 15) is 4.79 Å². The number of carbonyl (C=O) groups excluding carboxylic acids is 1. The molecule has 0 saturated carbocycles. The fraction of sp³-hybridized carbons (Fsp3) is 0.273. The van der Waals surface area contributed by atoms with Gasteiger partial charge in [-0.1, -0.05) is 0 Å². The lowest BCUT2D eigenvalue weighted by Gasteiger charge is -2.15. The van der Waals surface area contributed by atoms with Crippen LogP contribution in [0.25, 0.3) is 0 Å². The van der Waals surface area contributed by atoms with Crippen molar-refractivity contribution in [2.24, 2.45) is 0 Å². The molecule has 76 valence electrons. The van der Waals surface area contributed by atoms with Gasteiger partial charge >= 0.3 is 0 Å². The first kappa shape index (κ1) is 9.69. The van der Waals surface area contributed by atoms with Crippen LogP contribution in [-0.2, 0) is 0 Å². The van der Waals surface area contributed by atoms with Crippen LogP contribution in [0.1, 0.15) is 22.3 Å². The molecule has 0 unspecified atom stereocenters. The number of nitrogens with one attached hydrogen (secondary N) is 1. The number of rotatable bonds is 1. The van der Waals surface area contributed by atoms with Crippen molar-refractivity contribution in [3.63, 3.8) is 0 Å². The van der Waals surface area contributed by atoms with E-state index in [0.717, 1.165) is 19.5 Å². The first-order valence-electron chi connectivity index (χ1n) is 4.87. The highest BCUT2D eigenvalue weighted by molar-refractivity contribution is 5.94. The molecule has 0 radical (unpaired) electrons. The molecular formula is C11H11N3O. The van der Waals surface area contributed by atoms with Crippen LogP contribution in [0, 0.1) is 11.3 Å². The molecular weight excluding hydrogens is 190 g/mol. The molecule has 2 rings (SSSR count). The van der Waals surface area contributed by atoms with Crippen LogP contribution >= 0.6 is 0 Å². The molecule has 15 heavy (non-hydrogen) atoms. The Bertz CT molecular complexity index is 399. The Hall–Kier alpha value is -1.86. The average Bonchev–Trinajstić information content (AvgIpc) is 2.82. The number of hydrazine groups is 1. The normalized spacial score (nSPS) is 15.0. The summed E-state index contributed by atoms with van der Waals surface area (Å²) < 4.78 is 0. The van der Waals surface area contributed by atoms with Gasteiger partial charge in [0.05, 0.1) is 11.6 Å². The largest absolute Gasteiger partial charge is 0.274 e. The van der Waals surface area contributed by atoms with E-state index in [0.29, 0.717) is 11.1 Å². The summed E-state index contributed by atoms with van der Waals surface area (Å²) in [5, 5.41) is 10.2. The molecule has 0 aromatic heterocycles. The van der Waals surface area contributed by atoms with E-state index < -0.39 is 0 Å². The fourth-order valence-electron chi connectivity index (χ4n) is 1.55. The zero-order valence-corrected chi connectivity index (χ0v) is 8.23. The molecule has 0 bridgehead atoms. The number of nitrogens with zero attached hydrogens (tertiary/aromatic N) is 2. The zero-order valence-electron chi connectivity index (χ0n) is 8.23. The summed E-state index contributed by atoms with van der Waals surface area (Å²) in [5.74, 6) is -0.0306. The number of hydrogen-bond donors (Lipinski definition) is 1. The first-order valence-corrected chi connectivity index (χ1v) is 4.87. The molecule has 1 aliphatic heterocycles. The summed E-state index contributed by atoms with van der Waals surface area (Å²) in [4.78, 5) is 11.8. The Morgan fingerprint density at radius 2 is 2.13 bits per heavy atom. The minimum Gasteiger partial charge on any atom is -0.274 e. The Balaban J connectivity index is 2.15. The maximum atomic E-state index is 11.8. The van der Waals surface area contributed by atoms with Gasteiger partial charge in [-0.25, -0.2) is 5.43 Å². The second-order valence-corrected chi connectivity index (χ2v) is 3.41. The van der Waals surface area contributed by atoms with Crippen molar-refractivity contribution < 1.29 is 4.79 Å². The van der Waals surface area contributed by atoms with Gasteiger partial charge in [-0.2, -0.15) is 5.26 Å². The number of nitriles is 1. The summed E-state index contributed by atoms with van der Waals surface area (Å²) in [7, 11) is 0. The number of amides is 1. The van der Waals surface area contributed by atoms with Crippen LogP contribution < -0.4 is 5.43 Å². The highest BCUT2D eigenvalue weighted by atomic mass is 16.2. The molecule has 0 spiro atoms. The van der Waals surface area contributed by atoms with E-state index in [2.05, 4.69) is 5.43 Å². The number of carbonyl (C=O) groups is 1. The van der Waals surface area contributed by atoms with Crippen molar-refractivity contribution in [3.8, 4) is 6.07 Å². The smallest absolute Gasteiger partial charge is 0.267 e. The second-order valence-electron chi connectivity index (χ2n) is 3.41. The van der Waals surface area contributed by atoms with E-state index in [1.54, 1.807) is 29.3 Å². The minimum atomic E-state index is -0.0306. The van der Waals surface area contributed by atoms with E-state index in [1.807, 2.05) is 6.07 Å². The molecule has 4 heteroatoms. The third-order valence-corrected chi connectivity index (χ3v) is 2.37. The van der Waals surface area contributed by atoms with Crippen LogP contribution in [0.4, 0.5) is 0 Å². The van der Waals surface area contributed by atoms with Gasteiger partial charge in [-0.3, -0.25) is 9.80 Å². The predicted octanol–water partition coefficient (Wildman–Crippen LogP) is 0.909. The summed E-state index contributed by atoms with van der Waals surface area (Å²) in [5.41, 5.74) is 4.19. The van der Waals surface area contributed by atoms with Gasteiger partial charge in [0.15, 0.2) is 0 Å². The monoisotopic (exact) mass is 201 g/mol. The number of benzene rings is 1. The van der Waals surface area contributed by atoms with Crippen molar-refractivity contribution in [2.75, 3.05) is 13.1 Å². The van der Waals surface area contributed by atoms with Crippen molar-refractivity contribution in [2.45, 2.75) is 6.42 Å². The molecule has 1 amide bonds. The highest BCUT2D eigenvalue weighted by Gasteiger charge is 2.18. The maximum Gasteiger partial charge on any atom is 0.267 e. The lowest BCUT2D eigenvalue weighted by molar-refractivity contribution is 0.0726. The van der Waals surface area contributed by atoms with Crippen LogP contribution in [0.15, 0.2) is 24.3 Å². The SMILES string of the molecule is N#Cc1ccc(C(=O)N2CCCN2)cc1. The van der Waals surface area contributed by atoms with Gasteiger partial charge in [0, 0.05) is 18.7 Å². The van der Waals surface area contributed by atoms with Gasteiger partial charge in [-0.15, -0.1) is 0 Å². The van der Waals surface area contributed by atoms with Crippen LogP contribution in [0.2, 0.25) is 0 Å². The Morgan fingerprint density at radius 3 is 2.67 bits per heavy atom. The topological polar surface area (TPSA) is 56.1 Å². The van der Waals surface area contributed by atoms with Crippen LogP contribution in [0.5, 0.6) is 0 Å². The molecule has 1 fully saturated rings. The van der Waals surface area contributed by atoms with Crippen LogP contribution in [-0.4, -0.2) is 24.0 Å². The molecule has 4 nitrogen and oxygen atoms in total. The summed E-state index contributed by atoms with van der Waals surface area (Å²) >= 11 is 0. The van der Waals surface area contributed by atoms with Gasteiger partial charge in [0.2, 0.25) is 0 Å². The quantitative estimate of drug-likeness (QED) is 0.734. The Kier molecular flexibility index (Phi) is 2.66. The summed E-state index contributed by atoms with van der Waals surface area (Å²) in [6.07, 6.45) is 0.988. The standard InChI is InChI=1S/C11H11N3O/c12-8-9-2-4-10(5-3-9)11(15)14-7-1-6-13-14/h2-5,13H,1,6-7H2. The zero-order chi connectivity index (χ0) is 10.7. The Morgan fingerprint density at radius 1 is 1.40 bits per heavy atom. The fourth-order valence-corrected chi connectivity index (χ4v) is 1.55. The second kappa shape index (κ2) is 4.11. The van der Waals surface area contributed by atoms with Crippen molar-refractivity contribution in [3.05, 3.63) is 35.4 Å². The van der Waals surface area contributed by atoms with Crippen molar-refractivity contribution >= 4 is 5.91 Å². The van der Waals surface area contributed by atoms with E-state index in [-0.39, 0.29) is 5.91 Å². The number of hydrogen-bond acceptors (Lipinski definition) is 3. The van der Waals surface area contributed by atoms with Crippen molar-refractivity contribution in [1.82, 2.24) is 10.4 Å². The minimum absolute atomic E-state index is 0.0306. The van der Waals surface area contributed by atoms with Gasteiger partial charge in [0.25, 0.3) is 5.91 Å². The van der Waals surface area contributed by atoms with Crippen molar-refractivity contribution in [1.29, 1.82) is 5.26 Å². The molecule has 1 aromatic rings. The van der Waals surface area contributed by atoms with E-state index in [4.69, 9.17) is 5.26 Å². The van der Waals surface area contributed by atoms with Crippen LogP contribution in [0.3, 0.4) is 0 Å². The third-order valence-electron chi connectivity index (χ3n) is 2.37.